The van der Waals surface area contributed by atoms with Crippen molar-refractivity contribution in [3.63, 3.8) is 0 Å². The van der Waals surface area contributed by atoms with Crippen LogP contribution in [0.5, 0.6) is 5.75 Å². The Hall–Kier alpha value is -1.50. The Bertz CT molecular complexity index is 357. The second-order valence-corrected chi connectivity index (χ2v) is 3.35. The van der Waals surface area contributed by atoms with Crippen LogP contribution in [-0.2, 0) is 0 Å². The number of hydrogen-bond acceptors (Lipinski definition) is 4. The van der Waals surface area contributed by atoms with Crippen molar-refractivity contribution in [2.24, 2.45) is 5.73 Å². The molecule has 2 N–H and O–H groups in total. The molecule has 0 radical (unpaired) electrons. The SMILES string of the molecule is COc1cccnc1N(CCN)CC(F)(F)F. The third-order valence-electron chi connectivity index (χ3n) is 2.04. The van der Waals surface area contributed by atoms with Gasteiger partial charge in [0.2, 0.25) is 0 Å². The van der Waals surface area contributed by atoms with Gasteiger partial charge in [0.05, 0.1) is 7.11 Å². The van der Waals surface area contributed by atoms with Crippen molar-refractivity contribution in [2.75, 3.05) is 31.6 Å². The monoisotopic (exact) mass is 249 g/mol. The Labute approximate surface area is 97.2 Å². The molecule has 1 aromatic rings. The van der Waals surface area contributed by atoms with E-state index in [1.807, 2.05) is 0 Å². The van der Waals surface area contributed by atoms with Gasteiger partial charge in [-0.05, 0) is 12.1 Å². The van der Waals surface area contributed by atoms with E-state index in [0.717, 1.165) is 4.90 Å². The number of nitrogens with two attached hydrogens (primary N) is 1. The van der Waals surface area contributed by atoms with Gasteiger partial charge in [0.1, 0.15) is 6.54 Å². The molecule has 0 amide bonds. The predicted molar refractivity (Wildman–Crippen MR) is 58.1 cm³/mol. The van der Waals surface area contributed by atoms with Crippen LogP contribution in [0.25, 0.3) is 0 Å². The highest BCUT2D eigenvalue weighted by Gasteiger charge is 2.32. The van der Waals surface area contributed by atoms with Crippen LogP contribution in [0.15, 0.2) is 18.3 Å². The first-order valence-corrected chi connectivity index (χ1v) is 4.98. The van der Waals surface area contributed by atoms with Crippen molar-refractivity contribution in [2.45, 2.75) is 6.18 Å². The molecule has 0 unspecified atom stereocenters. The predicted octanol–water partition coefficient (Wildman–Crippen LogP) is 1.42. The first kappa shape index (κ1) is 13.6. The number of nitrogens with zero attached hydrogens (tertiary/aromatic N) is 2. The summed E-state index contributed by atoms with van der Waals surface area (Å²) >= 11 is 0. The van der Waals surface area contributed by atoms with Gasteiger partial charge in [0.15, 0.2) is 11.6 Å². The van der Waals surface area contributed by atoms with Crippen LogP contribution in [0.2, 0.25) is 0 Å². The second kappa shape index (κ2) is 5.72. The second-order valence-electron chi connectivity index (χ2n) is 3.35. The molecule has 0 spiro atoms. The summed E-state index contributed by atoms with van der Waals surface area (Å²) in [5.41, 5.74) is 5.30. The van der Waals surface area contributed by atoms with Gasteiger partial charge in [-0.15, -0.1) is 0 Å². The highest BCUT2D eigenvalue weighted by molar-refractivity contribution is 5.52. The van der Waals surface area contributed by atoms with Gasteiger partial charge in [-0.3, -0.25) is 0 Å². The third kappa shape index (κ3) is 4.10. The van der Waals surface area contributed by atoms with E-state index in [4.69, 9.17) is 10.5 Å². The average molecular weight is 249 g/mol. The highest BCUT2D eigenvalue weighted by atomic mass is 19.4. The fraction of sp³-hybridized carbons (Fsp3) is 0.500. The van der Waals surface area contributed by atoms with E-state index >= 15 is 0 Å². The molecular weight excluding hydrogens is 235 g/mol. The smallest absolute Gasteiger partial charge is 0.405 e. The van der Waals surface area contributed by atoms with Gasteiger partial charge in [-0.25, -0.2) is 4.98 Å². The topological polar surface area (TPSA) is 51.4 Å². The largest absolute Gasteiger partial charge is 0.493 e. The molecule has 0 aliphatic rings. The van der Waals surface area contributed by atoms with Crippen LogP contribution in [0.1, 0.15) is 0 Å². The molecule has 0 aromatic carbocycles. The van der Waals surface area contributed by atoms with Gasteiger partial charge in [-0.1, -0.05) is 0 Å². The van der Waals surface area contributed by atoms with Crippen LogP contribution < -0.4 is 15.4 Å². The summed E-state index contributed by atoms with van der Waals surface area (Å²) in [4.78, 5) is 4.95. The zero-order valence-electron chi connectivity index (χ0n) is 9.37. The summed E-state index contributed by atoms with van der Waals surface area (Å²) < 4.78 is 42.2. The summed E-state index contributed by atoms with van der Waals surface area (Å²) in [6, 6.07) is 3.15. The first-order chi connectivity index (χ1) is 7.98. The Balaban J connectivity index is 2.96. The number of anilines is 1. The minimum atomic E-state index is -4.31. The molecule has 0 saturated heterocycles. The molecule has 0 aliphatic carbocycles. The molecule has 4 nitrogen and oxygen atoms in total. The van der Waals surface area contributed by atoms with Crippen molar-refractivity contribution in [1.29, 1.82) is 0 Å². The lowest BCUT2D eigenvalue weighted by atomic mass is 10.3. The molecule has 0 saturated carbocycles. The van der Waals surface area contributed by atoms with Gasteiger partial charge >= 0.3 is 6.18 Å². The van der Waals surface area contributed by atoms with E-state index in [2.05, 4.69) is 4.98 Å². The third-order valence-corrected chi connectivity index (χ3v) is 2.04. The Morgan fingerprint density at radius 3 is 2.71 bits per heavy atom. The first-order valence-electron chi connectivity index (χ1n) is 4.98. The van der Waals surface area contributed by atoms with Crippen LogP contribution in [0, 0.1) is 0 Å². The van der Waals surface area contributed by atoms with E-state index in [1.165, 1.54) is 13.3 Å². The number of pyridine rings is 1. The van der Waals surface area contributed by atoms with Crippen LogP contribution in [0.3, 0.4) is 0 Å². The maximum atomic E-state index is 12.4. The number of ether oxygens (including phenoxy) is 1. The van der Waals surface area contributed by atoms with Crippen LogP contribution in [-0.4, -0.2) is 37.9 Å². The lowest BCUT2D eigenvalue weighted by Crippen LogP contribution is -2.38. The number of aromatic nitrogens is 1. The molecule has 0 atom stereocenters. The Morgan fingerprint density at radius 1 is 1.47 bits per heavy atom. The van der Waals surface area contributed by atoms with Crippen molar-refractivity contribution in [1.82, 2.24) is 4.98 Å². The number of methoxy groups -OCH3 is 1. The normalized spacial score (nSPS) is 11.4. The van der Waals surface area contributed by atoms with Crippen molar-refractivity contribution in [3.05, 3.63) is 18.3 Å². The number of hydrogen-bond donors (Lipinski definition) is 1. The van der Waals surface area contributed by atoms with E-state index in [0.29, 0.717) is 5.75 Å². The van der Waals surface area contributed by atoms with Crippen molar-refractivity contribution < 1.29 is 17.9 Å². The Kier molecular flexibility index (Phi) is 4.56. The fourth-order valence-electron chi connectivity index (χ4n) is 1.41. The van der Waals surface area contributed by atoms with Gasteiger partial charge in [0.25, 0.3) is 0 Å². The zero-order valence-corrected chi connectivity index (χ0v) is 9.37. The van der Waals surface area contributed by atoms with Gasteiger partial charge in [-0.2, -0.15) is 13.2 Å². The lowest BCUT2D eigenvalue weighted by Gasteiger charge is -2.25. The molecule has 1 heterocycles. The quantitative estimate of drug-likeness (QED) is 0.857. The molecule has 0 fully saturated rings. The average Bonchev–Trinajstić information content (AvgIpc) is 2.27. The highest BCUT2D eigenvalue weighted by Crippen LogP contribution is 2.27. The molecule has 1 aromatic heterocycles. The fourth-order valence-corrected chi connectivity index (χ4v) is 1.41. The minimum Gasteiger partial charge on any atom is -0.493 e. The molecule has 0 bridgehead atoms. The summed E-state index contributed by atoms with van der Waals surface area (Å²) in [5.74, 6) is 0.447. The standard InChI is InChI=1S/C10H14F3N3O/c1-17-8-3-2-5-15-9(8)16(6-4-14)7-10(11,12)13/h2-3,5H,4,6-7,14H2,1H3. The van der Waals surface area contributed by atoms with Gasteiger partial charge < -0.3 is 15.4 Å². The van der Waals surface area contributed by atoms with E-state index in [1.54, 1.807) is 12.1 Å². The maximum absolute atomic E-state index is 12.4. The lowest BCUT2D eigenvalue weighted by molar-refractivity contribution is -0.119. The van der Waals surface area contributed by atoms with Crippen molar-refractivity contribution >= 4 is 5.82 Å². The maximum Gasteiger partial charge on any atom is 0.405 e. The number of alkyl halides is 3. The summed E-state index contributed by atoms with van der Waals surface area (Å²) in [6.45, 7) is -0.930. The number of rotatable bonds is 5. The molecule has 0 aliphatic heterocycles. The minimum absolute atomic E-state index is 0.0624. The summed E-state index contributed by atoms with van der Waals surface area (Å²) in [6.07, 6.45) is -2.89. The summed E-state index contributed by atoms with van der Waals surface area (Å²) in [5, 5.41) is 0. The Morgan fingerprint density at radius 2 is 2.18 bits per heavy atom. The molecule has 96 valence electrons. The molecule has 17 heavy (non-hydrogen) atoms. The van der Waals surface area contributed by atoms with Crippen LogP contribution in [0.4, 0.5) is 19.0 Å². The van der Waals surface area contributed by atoms with E-state index in [-0.39, 0.29) is 18.9 Å². The molecule has 1 rings (SSSR count). The van der Waals surface area contributed by atoms with Crippen molar-refractivity contribution in [3.8, 4) is 5.75 Å². The van der Waals surface area contributed by atoms with E-state index < -0.39 is 12.7 Å². The molecule has 7 heteroatoms. The van der Waals surface area contributed by atoms with Crippen LogP contribution >= 0.6 is 0 Å². The van der Waals surface area contributed by atoms with Gasteiger partial charge in [0, 0.05) is 19.3 Å². The summed E-state index contributed by atoms with van der Waals surface area (Å²) in [7, 11) is 1.38. The zero-order chi connectivity index (χ0) is 12.9. The number of halogens is 3. The van der Waals surface area contributed by atoms with E-state index in [9.17, 15) is 13.2 Å². The molecular formula is C10H14F3N3O.